The molecule has 0 aromatic carbocycles. The summed E-state index contributed by atoms with van der Waals surface area (Å²) in [4.78, 5) is 15.7. The van der Waals surface area contributed by atoms with E-state index < -0.39 is 17.8 Å². The third kappa shape index (κ3) is 3.31. The molecule has 0 radical (unpaired) electrons. The Hall–Kier alpha value is -1.43. The predicted octanol–water partition coefficient (Wildman–Crippen LogP) is 0.296. The Labute approximate surface area is 62.9 Å². The normalized spacial score (nSPS) is 14.9. The highest BCUT2D eigenvalue weighted by Gasteiger charge is 2.15. The third-order valence-electron chi connectivity index (χ3n) is 0.603. The van der Waals surface area contributed by atoms with Gasteiger partial charge in [-0.2, -0.15) is 9.98 Å². The number of aliphatic hydroxyl groups is 2. The Morgan fingerprint density at radius 1 is 1.18 bits per heavy atom. The van der Waals surface area contributed by atoms with Gasteiger partial charge in [-0.05, 0) is 0 Å². The maximum Gasteiger partial charge on any atom is 0.373 e. The first kappa shape index (κ1) is 9.57. The number of aliphatic hydroxyl groups excluding tert-OH is 2. The first-order valence-electron chi connectivity index (χ1n) is 2.61. The highest BCUT2D eigenvalue weighted by Crippen LogP contribution is 1.93. The van der Waals surface area contributed by atoms with Crippen LogP contribution in [0.5, 0.6) is 0 Å². The molecule has 0 atom stereocenters. The van der Waals surface area contributed by atoms with Crippen LogP contribution in [0, 0.1) is 0 Å². The van der Waals surface area contributed by atoms with E-state index in [9.17, 15) is 4.79 Å². The minimum absolute atomic E-state index is 0.713. The van der Waals surface area contributed by atoms with E-state index >= 15 is 0 Å². The summed E-state index contributed by atoms with van der Waals surface area (Å²) in [6.45, 7) is 0. The van der Waals surface area contributed by atoms with Crippen molar-refractivity contribution >= 4 is 17.8 Å². The van der Waals surface area contributed by atoms with Gasteiger partial charge in [-0.25, -0.2) is 4.79 Å². The van der Waals surface area contributed by atoms with E-state index in [1.807, 2.05) is 0 Å². The maximum atomic E-state index is 9.97. The van der Waals surface area contributed by atoms with Crippen molar-refractivity contribution in [1.82, 2.24) is 0 Å². The molecule has 0 aliphatic carbocycles. The van der Waals surface area contributed by atoms with Crippen LogP contribution in [0.1, 0.15) is 0 Å². The lowest BCUT2D eigenvalue weighted by atomic mass is 10.7. The number of hydrogen-bond acceptors (Lipinski definition) is 2. The zero-order valence-electron chi connectivity index (χ0n) is 6.11. The maximum absolute atomic E-state index is 9.97. The summed E-state index contributed by atoms with van der Waals surface area (Å²) in [6.07, 6.45) is 0. The molecule has 1 heterocycles. The summed E-state index contributed by atoms with van der Waals surface area (Å²) in [7, 11) is 3.25. The molecule has 0 spiro atoms. The predicted molar refractivity (Wildman–Crippen MR) is 38.5 cm³/mol. The van der Waals surface area contributed by atoms with E-state index in [-0.39, 0.29) is 0 Å². The van der Waals surface area contributed by atoms with Crippen LogP contribution in [0.25, 0.3) is 0 Å². The van der Waals surface area contributed by atoms with E-state index in [2.05, 4.69) is 14.7 Å². The van der Waals surface area contributed by atoms with Gasteiger partial charge in [0, 0.05) is 14.2 Å². The summed E-state index contributed by atoms with van der Waals surface area (Å²) < 4.78 is 4.25. The lowest BCUT2D eigenvalue weighted by Crippen LogP contribution is -2.06. The van der Waals surface area contributed by atoms with E-state index in [0.717, 1.165) is 0 Å². The van der Waals surface area contributed by atoms with Crippen LogP contribution in [0.2, 0.25) is 0 Å². The highest BCUT2D eigenvalue weighted by molar-refractivity contribution is 6.39. The molecule has 1 rings (SSSR count). The fourth-order valence-electron chi connectivity index (χ4n) is 0.306. The zero-order valence-corrected chi connectivity index (χ0v) is 6.11. The first-order valence-corrected chi connectivity index (χ1v) is 2.61. The Morgan fingerprint density at radius 3 is 1.55 bits per heavy atom. The van der Waals surface area contributed by atoms with Gasteiger partial charge in [-0.3, -0.25) is 0 Å². The van der Waals surface area contributed by atoms with Crippen molar-refractivity contribution in [2.24, 2.45) is 9.98 Å². The summed E-state index contributed by atoms with van der Waals surface area (Å²) in [6, 6.07) is -0.875. The number of urea groups is 1. The number of amides is 2. The van der Waals surface area contributed by atoms with Gasteiger partial charge in [0.15, 0.2) is 0 Å². The monoisotopic (exact) mass is 160 g/mol. The molecule has 0 saturated heterocycles. The molecular formula is C5H8N2O4. The molecule has 1 aliphatic heterocycles. The molecule has 62 valence electrons. The summed E-state index contributed by atoms with van der Waals surface area (Å²) >= 11 is 0. The molecule has 11 heavy (non-hydrogen) atoms. The van der Waals surface area contributed by atoms with Gasteiger partial charge in [0.25, 0.3) is 11.8 Å². The number of nitrogens with zero attached hydrogens (tertiary/aromatic N) is 2. The first-order chi connectivity index (χ1) is 5.11. The smallest absolute Gasteiger partial charge is 0.373 e. The highest BCUT2D eigenvalue weighted by atomic mass is 16.4. The molecule has 1 aliphatic rings. The van der Waals surface area contributed by atoms with Crippen molar-refractivity contribution in [1.29, 1.82) is 0 Å². The largest absolute Gasteiger partial charge is 0.489 e. The number of hydrogen-bond donors (Lipinski definition) is 2. The van der Waals surface area contributed by atoms with Gasteiger partial charge >= 0.3 is 6.03 Å². The average molecular weight is 160 g/mol. The fourth-order valence-corrected chi connectivity index (χ4v) is 0.306. The van der Waals surface area contributed by atoms with Gasteiger partial charge in [-0.1, -0.05) is 0 Å². The van der Waals surface area contributed by atoms with Crippen LogP contribution in [0.15, 0.2) is 9.98 Å². The number of ether oxygens (including phenoxy) is 1. The second-order valence-corrected chi connectivity index (χ2v) is 1.56. The summed E-state index contributed by atoms with van der Waals surface area (Å²) in [5.74, 6) is -1.43. The van der Waals surface area contributed by atoms with Crippen molar-refractivity contribution in [2.45, 2.75) is 0 Å². The van der Waals surface area contributed by atoms with Crippen molar-refractivity contribution < 1.29 is 19.7 Å². The zero-order chi connectivity index (χ0) is 8.85. The van der Waals surface area contributed by atoms with Crippen LogP contribution < -0.4 is 0 Å². The second-order valence-electron chi connectivity index (χ2n) is 1.56. The molecule has 0 unspecified atom stereocenters. The number of rotatable bonds is 0. The van der Waals surface area contributed by atoms with Gasteiger partial charge in [0.1, 0.15) is 0 Å². The summed E-state index contributed by atoms with van der Waals surface area (Å²) in [5.41, 5.74) is 0. The molecule has 0 bridgehead atoms. The Kier molecular flexibility index (Phi) is 3.82. The molecule has 0 saturated carbocycles. The third-order valence-corrected chi connectivity index (χ3v) is 0.603. The Bertz CT molecular complexity index is 189. The molecule has 0 aromatic rings. The van der Waals surface area contributed by atoms with Gasteiger partial charge < -0.3 is 14.9 Å². The molecular weight excluding hydrogens is 152 g/mol. The molecule has 0 fully saturated rings. The molecule has 6 heteroatoms. The quantitative estimate of drug-likeness (QED) is 0.532. The number of carbonyl (C=O) groups excluding carboxylic acids is 1. The van der Waals surface area contributed by atoms with Crippen molar-refractivity contribution in [3.8, 4) is 0 Å². The molecule has 2 N–H and O–H groups in total. The van der Waals surface area contributed by atoms with Crippen LogP contribution in [-0.4, -0.2) is 42.3 Å². The number of aliphatic imine (C=N–C) groups is 2. The molecule has 0 aromatic heterocycles. The lowest BCUT2D eigenvalue weighted by Gasteiger charge is -1.79. The second kappa shape index (κ2) is 4.40. The molecule has 2 amide bonds. The Morgan fingerprint density at radius 2 is 1.45 bits per heavy atom. The number of methoxy groups -OCH3 is 1. The van der Waals surface area contributed by atoms with E-state index in [1.165, 1.54) is 0 Å². The van der Waals surface area contributed by atoms with Gasteiger partial charge in [0.2, 0.25) is 0 Å². The topological polar surface area (TPSA) is 91.5 Å². The van der Waals surface area contributed by atoms with Crippen molar-refractivity contribution in [3.05, 3.63) is 0 Å². The lowest BCUT2D eigenvalue weighted by molar-refractivity contribution is 0.257. The minimum atomic E-state index is -0.875. The van der Waals surface area contributed by atoms with Crippen molar-refractivity contribution in [3.63, 3.8) is 0 Å². The van der Waals surface area contributed by atoms with Crippen LogP contribution in [-0.2, 0) is 4.74 Å². The SMILES string of the molecule is COC.O=C1N=C(O)C(O)=N1. The van der Waals surface area contributed by atoms with E-state index in [4.69, 9.17) is 10.2 Å². The summed E-state index contributed by atoms with van der Waals surface area (Å²) in [5, 5.41) is 16.6. The van der Waals surface area contributed by atoms with E-state index in [1.54, 1.807) is 14.2 Å². The van der Waals surface area contributed by atoms with Crippen LogP contribution >= 0.6 is 0 Å². The van der Waals surface area contributed by atoms with Gasteiger partial charge in [-0.15, -0.1) is 0 Å². The standard InChI is InChI=1S/C3H2N2O3.C2H6O/c6-1-2(7)5-3(8)4-1;1-3-2/h(H2,4,5,6,7,8);1-2H3. The van der Waals surface area contributed by atoms with Crippen molar-refractivity contribution in [2.75, 3.05) is 14.2 Å². The number of carbonyl (C=O) groups is 1. The van der Waals surface area contributed by atoms with Crippen LogP contribution in [0.3, 0.4) is 0 Å². The average Bonchev–Trinajstić information content (AvgIpc) is 2.12. The van der Waals surface area contributed by atoms with Crippen LogP contribution in [0.4, 0.5) is 4.79 Å². The van der Waals surface area contributed by atoms with E-state index in [0.29, 0.717) is 0 Å². The van der Waals surface area contributed by atoms with Gasteiger partial charge in [0.05, 0.1) is 0 Å². The molecule has 6 nitrogen and oxygen atoms in total. The minimum Gasteiger partial charge on any atom is -0.489 e. The Balaban J connectivity index is 0.000000292. The fraction of sp³-hybridized carbons (Fsp3) is 0.400.